The van der Waals surface area contributed by atoms with Gasteiger partial charge in [0, 0.05) is 7.11 Å². The van der Waals surface area contributed by atoms with Crippen molar-refractivity contribution in [2.24, 2.45) is 0 Å². The summed E-state index contributed by atoms with van der Waals surface area (Å²) in [7, 11) is 1.60. The highest BCUT2D eigenvalue weighted by Gasteiger charge is 2.18. The minimum atomic E-state index is -0.185. The largest absolute Gasteiger partial charge is 0.507 e. The normalized spacial score (nSPS) is 12.6. The highest BCUT2D eigenvalue weighted by atomic mass is 16.5. The van der Waals surface area contributed by atoms with Gasteiger partial charge in [-0.1, -0.05) is 18.1 Å². The van der Waals surface area contributed by atoms with Crippen LogP contribution in [0.4, 0.5) is 0 Å². The van der Waals surface area contributed by atoms with Gasteiger partial charge in [-0.25, -0.2) is 0 Å². The molecule has 0 fully saturated rings. The first-order chi connectivity index (χ1) is 8.65. The van der Waals surface area contributed by atoms with Crippen molar-refractivity contribution in [1.82, 2.24) is 10.1 Å². The summed E-state index contributed by atoms with van der Waals surface area (Å²) in [5, 5.41) is 13.7. The Morgan fingerprint density at radius 2 is 2.22 bits per heavy atom. The first-order valence-corrected chi connectivity index (χ1v) is 5.82. The molecule has 0 aliphatic carbocycles. The van der Waals surface area contributed by atoms with Crippen LogP contribution in [-0.4, -0.2) is 22.4 Å². The lowest BCUT2D eigenvalue weighted by Crippen LogP contribution is -2.01. The van der Waals surface area contributed by atoms with Crippen LogP contribution in [0.3, 0.4) is 0 Å². The van der Waals surface area contributed by atoms with Gasteiger partial charge in [0.1, 0.15) is 11.9 Å². The predicted molar refractivity (Wildman–Crippen MR) is 66.2 cm³/mol. The Bertz CT molecular complexity index is 533. The van der Waals surface area contributed by atoms with Crippen molar-refractivity contribution in [2.45, 2.75) is 26.4 Å². The topological polar surface area (TPSA) is 68.4 Å². The van der Waals surface area contributed by atoms with Gasteiger partial charge in [-0.2, -0.15) is 4.98 Å². The maximum atomic E-state index is 9.85. The van der Waals surface area contributed by atoms with E-state index in [4.69, 9.17) is 9.26 Å². The number of phenols is 1. The Kier molecular flexibility index (Phi) is 3.62. The molecule has 2 rings (SSSR count). The molecule has 0 radical (unpaired) electrons. The second-order valence-electron chi connectivity index (χ2n) is 4.11. The van der Waals surface area contributed by atoms with E-state index in [-0.39, 0.29) is 11.9 Å². The molecule has 1 aromatic heterocycles. The summed E-state index contributed by atoms with van der Waals surface area (Å²) in [5.41, 5.74) is 1.50. The van der Waals surface area contributed by atoms with Gasteiger partial charge in [0.2, 0.25) is 5.82 Å². The SMILES string of the molecule is CCC(OC)c1noc(-c2ccc(C)cc2O)n1. The molecule has 0 saturated heterocycles. The minimum absolute atomic E-state index is 0.135. The zero-order valence-electron chi connectivity index (χ0n) is 10.7. The van der Waals surface area contributed by atoms with Gasteiger partial charge in [-0.3, -0.25) is 0 Å². The van der Waals surface area contributed by atoms with Crippen molar-refractivity contribution in [3.05, 3.63) is 29.6 Å². The molecule has 5 heteroatoms. The minimum Gasteiger partial charge on any atom is -0.507 e. The van der Waals surface area contributed by atoms with Gasteiger partial charge < -0.3 is 14.4 Å². The van der Waals surface area contributed by atoms with Crippen molar-refractivity contribution in [2.75, 3.05) is 7.11 Å². The molecule has 0 amide bonds. The van der Waals surface area contributed by atoms with E-state index in [1.807, 2.05) is 19.9 Å². The molecule has 1 heterocycles. The number of aryl methyl sites for hydroxylation is 1. The fourth-order valence-electron chi connectivity index (χ4n) is 1.75. The monoisotopic (exact) mass is 248 g/mol. The second kappa shape index (κ2) is 5.18. The van der Waals surface area contributed by atoms with Crippen molar-refractivity contribution in [3.63, 3.8) is 0 Å². The average Bonchev–Trinajstić information content (AvgIpc) is 2.80. The van der Waals surface area contributed by atoms with Gasteiger partial charge in [0.05, 0.1) is 5.56 Å². The molecular weight excluding hydrogens is 232 g/mol. The highest BCUT2D eigenvalue weighted by Crippen LogP contribution is 2.29. The number of phenolic OH excluding ortho intramolecular Hbond substituents is 1. The molecule has 96 valence electrons. The third-order valence-corrected chi connectivity index (χ3v) is 2.77. The van der Waals surface area contributed by atoms with Gasteiger partial charge in [0.15, 0.2) is 0 Å². The first-order valence-electron chi connectivity index (χ1n) is 5.82. The van der Waals surface area contributed by atoms with Crippen LogP contribution in [0.1, 0.15) is 30.8 Å². The van der Waals surface area contributed by atoms with Crippen molar-refractivity contribution in [1.29, 1.82) is 0 Å². The van der Waals surface area contributed by atoms with E-state index >= 15 is 0 Å². The summed E-state index contributed by atoms with van der Waals surface area (Å²) in [4.78, 5) is 4.25. The molecule has 0 bridgehead atoms. The number of benzene rings is 1. The summed E-state index contributed by atoms with van der Waals surface area (Å²) in [6, 6.07) is 5.30. The van der Waals surface area contributed by atoms with Crippen LogP contribution in [0.15, 0.2) is 22.7 Å². The highest BCUT2D eigenvalue weighted by molar-refractivity contribution is 5.62. The molecule has 18 heavy (non-hydrogen) atoms. The first kappa shape index (κ1) is 12.6. The molecule has 1 atom stereocenters. The van der Waals surface area contributed by atoms with E-state index in [0.717, 1.165) is 12.0 Å². The molecule has 1 N–H and O–H groups in total. The molecular formula is C13H16N2O3. The van der Waals surface area contributed by atoms with Gasteiger partial charge in [-0.15, -0.1) is 0 Å². The van der Waals surface area contributed by atoms with Crippen LogP contribution in [0.5, 0.6) is 5.75 Å². The fraction of sp³-hybridized carbons (Fsp3) is 0.385. The number of aromatic nitrogens is 2. The van der Waals surface area contributed by atoms with Crippen molar-refractivity contribution < 1.29 is 14.4 Å². The summed E-state index contributed by atoms with van der Waals surface area (Å²) in [6.45, 7) is 3.88. The number of methoxy groups -OCH3 is 1. The van der Waals surface area contributed by atoms with Crippen LogP contribution < -0.4 is 0 Å². The second-order valence-corrected chi connectivity index (χ2v) is 4.11. The van der Waals surface area contributed by atoms with Gasteiger partial charge >= 0.3 is 0 Å². The average molecular weight is 248 g/mol. The van der Waals surface area contributed by atoms with Crippen LogP contribution in [0, 0.1) is 6.92 Å². The number of aromatic hydroxyl groups is 1. The quantitative estimate of drug-likeness (QED) is 0.901. The van der Waals surface area contributed by atoms with Crippen LogP contribution in [0.25, 0.3) is 11.5 Å². The molecule has 1 aromatic carbocycles. The smallest absolute Gasteiger partial charge is 0.261 e. The molecule has 0 aliphatic rings. The summed E-state index contributed by atoms with van der Waals surface area (Å²) >= 11 is 0. The zero-order chi connectivity index (χ0) is 13.1. The molecule has 2 aromatic rings. The number of hydrogen-bond acceptors (Lipinski definition) is 5. The number of nitrogens with zero attached hydrogens (tertiary/aromatic N) is 2. The summed E-state index contributed by atoms with van der Waals surface area (Å²) < 4.78 is 10.4. The van der Waals surface area contributed by atoms with Gasteiger partial charge in [0.25, 0.3) is 5.89 Å². The molecule has 5 nitrogen and oxygen atoms in total. The lowest BCUT2D eigenvalue weighted by Gasteiger charge is -2.06. The fourth-order valence-corrected chi connectivity index (χ4v) is 1.75. The van der Waals surface area contributed by atoms with E-state index in [0.29, 0.717) is 17.3 Å². The standard InChI is InChI=1S/C13H16N2O3/c1-4-11(17-3)12-14-13(18-15-12)9-6-5-8(2)7-10(9)16/h5-7,11,16H,4H2,1-3H3. The Hall–Kier alpha value is -1.88. The lowest BCUT2D eigenvalue weighted by molar-refractivity contribution is 0.0903. The summed E-state index contributed by atoms with van der Waals surface area (Å²) in [5.74, 6) is 0.934. The van der Waals surface area contributed by atoms with E-state index in [1.165, 1.54) is 0 Å². The van der Waals surface area contributed by atoms with Crippen molar-refractivity contribution >= 4 is 0 Å². The van der Waals surface area contributed by atoms with E-state index in [9.17, 15) is 5.11 Å². The van der Waals surface area contributed by atoms with Crippen LogP contribution in [-0.2, 0) is 4.74 Å². The number of hydrogen-bond donors (Lipinski definition) is 1. The number of rotatable bonds is 4. The molecule has 1 unspecified atom stereocenters. The molecule has 0 aliphatic heterocycles. The molecule has 0 spiro atoms. The lowest BCUT2D eigenvalue weighted by atomic mass is 10.1. The zero-order valence-corrected chi connectivity index (χ0v) is 10.7. The van der Waals surface area contributed by atoms with Gasteiger partial charge in [-0.05, 0) is 31.0 Å². The van der Waals surface area contributed by atoms with E-state index < -0.39 is 0 Å². The number of ether oxygens (including phenoxy) is 1. The maximum Gasteiger partial charge on any atom is 0.261 e. The summed E-state index contributed by atoms with van der Waals surface area (Å²) in [6.07, 6.45) is 0.574. The van der Waals surface area contributed by atoms with E-state index in [2.05, 4.69) is 10.1 Å². The molecule has 0 saturated carbocycles. The Morgan fingerprint density at radius 3 is 2.83 bits per heavy atom. The Labute approximate surface area is 105 Å². The van der Waals surface area contributed by atoms with Crippen LogP contribution >= 0.6 is 0 Å². The third-order valence-electron chi connectivity index (χ3n) is 2.77. The maximum absolute atomic E-state index is 9.85. The Morgan fingerprint density at radius 1 is 1.44 bits per heavy atom. The third kappa shape index (κ3) is 2.36. The van der Waals surface area contributed by atoms with Crippen molar-refractivity contribution in [3.8, 4) is 17.2 Å². The Balaban J connectivity index is 2.34. The predicted octanol–water partition coefficient (Wildman–Crippen LogP) is 2.85. The van der Waals surface area contributed by atoms with Crippen LogP contribution in [0.2, 0.25) is 0 Å². The van der Waals surface area contributed by atoms with E-state index in [1.54, 1.807) is 19.2 Å².